The van der Waals surface area contributed by atoms with Crippen molar-refractivity contribution < 1.29 is 28.8 Å². The molecule has 2 atom stereocenters. The summed E-state index contributed by atoms with van der Waals surface area (Å²) < 4.78 is 12.8. The molecular formula is C20H24O2W. The third-order valence-corrected chi connectivity index (χ3v) is 6.59. The Bertz CT molecular complexity index is 659. The predicted molar refractivity (Wildman–Crippen MR) is 90.8 cm³/mol. The summed E-state index contributed by atoms with van der Waals surface area (Å²) in [5.74, 6) is 0.515. The van der Waals surface area contributed by atoms with Gasteiger partial charge in [0.2, 0.25) is 0 Å². The minimum absolute atomic E-state index is 0.105. The van der Waals surface area contributed by atoms with Crippen LogP contribution in [0, 0.1) is 5.92 Å². The fourth-order valence-electron chi connectivity index (χ4n) is 4.22. The van der Waals surface area contributed by atoms with Crippen LogP contribution in [0.2, 0.25) is 0 Å². The Hall–Kier alpha value is -0.822. The summed E-state index contributed by atoms with van der Waals surface area (Å²) in [5.41, 5.74) is 5.28. The number of benzene rings is 1. The Morgan fingerprint density at radius 2 is 1.96 bits per heavy atom. The molecule has 23 heavy (non-hydrogen) atoms. The van der Waals surface area contributed by atoms with Crippen molar-refractivity contribution in [3.05, 3.63) is 52.6 Å². The van der Waals surface area contributed by atoms with Gasteiger partial charge in [0, 0.05) is 0 Å². The van der Waals surface area contributed by atoms with E-state index in [1.165, 1.54) is 60.9 Å². The van der Waals surface area contributed by atoms with Crippen molar-refractivity contribution in [3.8, 4) is 0 Å². The molecule has 2 nitrogen and oxygen atoms in total. The van der Waals surface area contributed by atoms with Gasteiger partial charge in [-0.15, -0.1) is 0 Å². The van der Waals surface area contributed by atoms with Crippen LogP contribution >= 0.6 is 0 Å². The van der Waals surface area contributed by atoms with Gasteiger partial charge >= 0.3 is 150 Å². The van der Waals surface area contributed by atoms with Crippen LogP contribution in [0.3, 0.4) is 0 Å². The van der Waals surface area contributed by atoms with Gasteiger partial charge in [0.15, 0.2) is 0 Å². The molecule has 0 heterocycles. The molecule has 2 aliphatic carbocycles. The molecular weight excluding hydrogens is 456 g/mol. The van der Waals surface area contributed by atoms with Gasteiger partial charge in [0.05, 0.1) is 0 Å². The Morgan fingerprint density at radius 1 is 1.22 bits per heavy atom. The predicted octanol–water partition coefficient (Wildman–Crippen LogP) is 4.30. The van der Waals surface area contributed by atoms with Crippen molar-refractivity contribution in [2.75, 3.05) is 14.2 Å². The Kier molecular flexibility index (Phi) is 5.16. The third-order valence-electron chi connectivity index (χ3n) is 5.26. The molecule has 0 amide bonds. The molecule has 0 aliphatic heterocycles. The Morgan fingerprint density at radius 3 is 2.61 bits per heavy atom. The topological polar surface area (TPSA) is 18.5 Å². The summed E-state index contributed by atoms with van der Waals surface area (Å²) in [5, 5.41) is 0. The summed E-state index contributed by atoms with van der Waals surface area (Å²) in [6, 6.07) is 10.6. The molecule has 1 aromatic carbocycles. The van der Waals surface area contributed by atoms with Gasteiger partial charge in [-0.2, -0.15) is 0 Å². The maximum absolute atomic E-state index is 6.07. The summed E-state index contributed by atoms with van der Waals surface area (Å²) in [7, 11) is 3.65. The first-order valence-electron chi connectivity index (χ1n) is 8.26. The van der Waals surface area contributed by atoms with Crippen LogP contribution in [0.25, 0.3) is 6.08 Å². The fourth-order valence-corrected chi connectivity index (χ4v) is 5.24. The van der Waals surface area contributed by atoms with Gasteiger partial charge in [-0.3, -0.25) is 0 Å². The number of fused-ring (bicyclic) bond motifs is 1. The van der Waals surface area contributed by atoms with Crippen molar-refractivity contribution in [2.45, 2.75) is 38.2 Å². The molecule has 1 saturated carbocycles. The number of ether oxygens (including phenoxy) is 2. The zero-order chi connectivity index (χ0) is 16.4. The molecule has 3 rings (SSSR count). The van der Waals surface area contributed by atoms with Crippen molar-refractivity contribution >= 4 is 10.2 Å². The molecule has 3 heteroatoms. The SMILES string of the molecule is CO[C](=[W])C1=C(/C(C)=C/c2ccccc2)C2CCCCC12OC. The molecule has 0 radical (unpaired) electrons. The molecule has 2 unspecified atom stereocenters. The van der Waals surface area contributed by atoms with Crippen LogP contribution in [-0.4, -0.2) is 23.9 Å². The van der Waals surface area contributed by atoms with E-state index in [1.54, 1.807) is 7.11 Å². The first-order valence-corrected chi connectivity index (χ1v) is 9.72. The second kappa shape index (κ2) is 6.97. The second-order valence-corrected chi connectivity index (χ2v) is 7.74. The second-order valence-electron chi connectivity index (χ2n) is 6.41. The molecule has 2 aliphatic rings. The van der Waals surface area contributed by atoms with Gasteiger partial charge in [-0.05, 0) is 0 Å². The third kappa shape index (κ3) is 2.86. The van der Waals surface area contributed by atoms with E-state index in [0.717, 1.165) is 10.5 Å². The van der Waals surface area contributed by atoms with Crippen molar-refractivity contribution in [2.24, 2.45) is 5.92 Å². The monoisotopic (exact) mass is 480 g/mol. The van der Waals surface area contributed by atoms with E-state index in [1.807, 2.05) is 7.11 Å². The van der Waals surface area contributed by atoms with E-state index >= 15 is 0 Å². The summed E-state index contributed by atoms with van der Waals surface area (Å²) in [6.45, 7) is 2.23. The number of hydrogen-bond donors (Lipinski definition) is 0. The molecule has 0 saturated heterocycles. The van der Waals surface area contributed by atoms with E-state index in [-0.39, 0.29) is 5.60 Å². The summed E-state index contributed by atoms with van der Waals surface area (Å²) >= 11 is 1.38. The van der Waals surface area contributed by atoms with Crippen LogP contribution in [0.1, 0.15) is 38.2 Å². The number of rotatable bonds is 5. The van der Waals surface area contributed by atoms with E-state index in [4.69, 9.17) is 9.47 Å². The average molecular weight is 480 g/mol. The minimum atomic E-state index is -0.105. The van der Waals surface area contributed by atoms with Crippen LogP contribution < -0.4 is 0 Å². The van der Waals surface area contributed by atoms with Crippen LogP contribution in [0.15, 0.2) is 47.1 Å². The van der Waals surface area contributed by atoms with Gasteiger partial charge in [-0.25, -0.2) is 0 Å². The average Bonchev–Trinajstić information content (AvgIpc) is 2.56. The quantitative estimate of drug-likeness (QED) is 0.626. The normalized spacial score (nSPS) is 27.4. The number of hydrogen-bond acceptors (Lipinski definition) is 2. The summed E-state index contributed by atoms with van der Waals surface area (Å²) in [4.78, 5) is 0. The zero-order valence-electron chi connectivity index (χ0n) is 14.1. The first kappa shape index (κ1) is 17.0. The molecule has 0 aromatic heterocycles. The Labute approximate surface area is 150 Å². The van der Waals surface area contributed by atoms with Crippen LogP contribution in [0.5, 0.6) is 0 Å². The van der Waals surface area contributed by atoms with E-state index in [0.29, 0.717) is 5.92 Å². The van der Waals surface area contributed by atoms with E-state index in [2.05, 4.69) is 43.3 Å². The van der Waals surface area contributed by atoms with Crippen LogP contribution in [0.4, 0.5) is 0 Å². The molecule has 0 bridgehead atoms. The van der Waals surface area contributed by atoms with E-state index < -0.39 is 0 Å². The number of allylic oxidation sites excluding steroid dienone is 1. The van der Waals surface area contributed by atoms with Gasteiger partial charge in [-0.1, -0.05) is 0 Å². The standard InChI is InChI=1S/C20H24O2.W/c1-15(13-16-9-5-4-6-10-16)19-17-11-7-8-12-20(17,22-3)18(19)14-21-2;/h4-6,9-10,13,17H,7-8,11-12H2,1-3H3;/b15-13+;. The van der Waals surface area contributed by atoms with Crippen molar-refractivity contribution in [1.29, 1.82) is 0 Å². The van der Waals surface area contributed by atoms with Crippen molar-refractivity contribution in [1.82, 2.24) is 0 Å². The van der Waals surface area contributed by atoms with Crippen LogP contribution in [-0.2, 0) is 28.8 Å². The molecule has 0 N–H and O–H groups in total. The zero-order valence-corrected chi connectivity index (χ0v) is 17.0. The summed E-state index contributed by atoms with van der Waals surface area (Å²) in [6.07, 6.45) is 7.17. The molecule has 1 fully saturated rings. The first-order chi connectivity index (χ1) is 11.1. The molecule has 0 spiro atoms. The molecule has 1 aromatic rings. The Balaban J connectivity index is 2.06. The van der Waals surface area contributed by atoms with E-state index in [9.17, 15) is 0 Å². The fraction of sp³-hybridized carbons (Fsp3) is 0.450. The van der Waals surface area contributed by atoms with Gasteiger partial charge in [0.25, 0.3) is 0 Å². The van der Waals surface area contributed by atoms with Gasteiger partial charge in [0.1, 0.15) is 0 Å². The maximum atomic E-state index is 6.07. The van der Waals surface area contributed by atoms with Gasteiger partial charge < -0.3 is 0 Å². The molecule has 122 valence electrons. The van der Waals surface area contributed by atoms with Crippen molar-refractivity contribution in [3.63, 3.8) is 0 Å². The number of methoxy groups -OCH3 is 2.